The molecule has 1 aromatic carbocycles. The Kier molecular flexibility index (Phi) is 6.98. The highest BCUT2D eigenvalue weighted by atomic mass is 16.6. The first-order valence-electron chi connectivity index (χ1n) is 6.26. The van der Waals surface area contributed by atoms with Crippen molar-refractivity contribution in [3.63, 3.8) is 0 Å². The van der Waals surface area contributed by atoms with Crippen LogP contribution < -0.4 is 5.32 Å². The van der Waals surface area contributed by atoms with Crippen molar-refractivity contribution < 1.29 is 9.66 Å². The maximum absolute atomic E-state index is 10.8. The van der Waals surface area contributed by atoms with Crippen molar-refractivity contribution in [3.8, 4) is 0 Å². The van der Waals surface area contributed by atoms with E-state index < -0.39 is 0 Å². The Morgan fingerprint density at radius 3 is 2.83 bits per heavy atom. The number of nitro benzene ring substituents is 1. The van der Waals surface area contributed by atoms with E-state index in [0.29, 0.717) is 6.42 Å². The fraction of sp³-hybridized carbons (Fsp3) is 0.538. The molecule has 18 heavy (non-hydrogen) atoms. The Balaban J connectivity index is 2.25. The van der Waals surface area contributed by atoms with Crippen LogP contribution in [0.15, 0.2) is 24.3 Å². The molecule has 0 saturated carbocycles. The second-order valence-electron chi connectivity index (χ2n) is 3.94. The van der Waals surface area contributed by atoms with Crippen molar-refractivity contribution >= 4 is 5.69 Å². The standard InChI is InChI=1S/C13H20N2O3/c1-2-18-11-5-9-14-10-8-12-6-3-4-7-13(12)15(16)17/h3-4,6-7,14H,2,5,8-11H2,1H3. The minimum atomic E-state index is -0.329. The van der Waals surface area contributed by atoms with Gasteiger partial charge in [0.05, 0.1) is 4.92 Å². The number of hydrogen-bond donors (Lipinski definition) is 1. The Morgan fingerprint density at radius 1 is 1.33 bits per heavy atom. The quantitative estimate of drug-likeness (QED) is 0.415. The monoisotopic (exact) mass is 252 g/mol. The SMILES string of the molecule is CCOCCCNCCc1ccccc1[N+](=O)[O-]. The number of nitro groups is 1. The fourth-order valence-corrected chi connectivity index (χ4v) is 1.69. The van der Waals surface area contributed by atoms with Crippen LogP contribution in [0.5, 0.6) is 0 Å². The van der Waals surface area contributed by atoms with E-state index in [1.54, 1.807) is 18.2 Å². The molecule has 100 valence electrons. The molecule has 1 rings (SSSR count). The molecule has 1 aromatic rings. The lowest BCUT2D eigenvalue weighted by atomic mass is 10.1. The van der Waals surface area contributed by atoms with Crippen LogP contribution in [-0.4, -0.2) is 31.2 Å². The first-order valence-corrected chi connectivity index (χ1v) is 6.26. The lowest BCUT2D eigenvalue weighted by molar-refractivity contribution is -0.385. The Bertz CT molecular complexity index is 369. The number of benzene rings is 1. The van der Waals surface area contributed by atoms with E-state index in [1.807, 2.05) is 13.0 Å². The highest BCUT2D eigenvalue weighted by molar-refractivity contribution is 5.39. The maximum atomic E-state index is 10.8. The van der Waals surface area contributed by atoms with Gasteiger partial charge in [0, 0.05) is 24.8 Å². The summed E-state index contributed by atoms with van der Waals surface area (Å²) >= 11 is 0. The molecule has 0 aliphatic heterocycles. The predicted molar refractivity (Wildman–Crippen MR) is 70.8 cm³/mol. The summed E-state index contributed by atoms with van der Waals surface area (Å²) in [6.45, 7) is 5.10. The summed E-state index contributed by atoms with van der Waals surface area (Å²) in [6, 6.07) is 6.87. The molecule has 5 heteroatoms. The zero-order chi connectivity index (χ0) is 13.2. The molecule has 1 N–H and O–H groups in total. The molecule has 5 nitrogen and oxygen atoms in total. The van der Waals surface area contributed by atoms with Gasteiger partial charge in [-0.3, -0.25) is 10.1 Å². The molecule has 0 heterocycles. The van der Waals surface area contributed by atoms with E-state index in [2.05, 4.69) is 5.32 Å². The van der Waals surface area contributed by atoms with E-state index in [4.69, 9.17) is 4.74 Å². The summed E-state index contributed by atoms with van der Waals surface area (Å²) in [5.41, 5.74) is 0.980. The minimum Gasteiger partial charge on any atom is -0.382 e. The summed E-state index contributed by atoms with van der Waals surface area (Å²) < 4.78 is 5.22. The van der Waals surface area contributed by atoms with Crippen LogP contribution in [0.25, 0.3) is 0 Å². The second-order valence-corrected chi connectivity index (χ2v) is 3.94. The molecule has 0 aliphatic carbocycles. The van der Waals surface area contributed by atoms with Crippen molar-refractivity contribution in [1.82, 2.24) is 5.32 Å². The molecular weight excluding hydrogens is 232 g/mol. The molecule has 0 saturated heterocycles. The lowest BCUT2D eigenvalue weighted by Gasteiger charge is -2.05. The number of para-hydroxylation sites is 1. The van der Waals surface area contributed by atoms with E-state index in [0.717, 1.165) is 38.3 Å². The topological polar surface area (TPSA) is 64.4 Å². The van der Waals surface area contributed by atoms with Gasteiger partial charge in [0.25, 0.3) is 5.69 Å². The molecule has 0 amide bonds. The van der Waals surface area contributed by atoms with Gasteiger partial charge in [0.2, 0.25) is 0 Å². The molecule has 0 fully saturated rings. The van der Waals surface area contributed by atoms with Crippen molar-refractivity contribution in [1.29, 1.82) is 0 Å². The summed E-state index contributed by atoms with van der Waals surface area (Å²) in [5, 5.41) is 14.1. The third kappa shape index (κ3) is 5.25. The first-order chi connectivity index (χ1) is 8.75. The number of nitrogens with zero attached hydrogens (tertiary/aromatic N) is 1. The van der Waals surface area contributed by atoms with Crippen LogP contribution in [0.3, 0.4) is 0 Å². The molecule has 0 spiro atoms. The lowest BCUT2D eigenvalue weighted by Crippen LogP contribution is -2.20. The van der Waals surface area contributed by atoms with Crippen LogP contribution in [-0.2, 0) is 11.2 Å². The smallest absolute Gasteiger partial charge is 0.272 e. The number of ether oxygens (including phenoxy) is 1. The van der Waals surface area contributed by atoms with Gasteiger partial charge in [-0.25, -0.2) is 0 Å². The van der Waals surface area contributed by atoms with Crippen LogP contribution in [0.1, 0.15) is 18.9 Å². The summed E-state index contributed by atoms with van der Waals surface area (Å²) in [6.07, 6.45) is 1.64. The van der Waals surface area contributed by atoms with E-state index >= 15 is 0 Å². The van der Waals surface area contributed by atoms with Gasteiger partial charge in [-0.05, 0) is 32.9 Å². The third-order valence-electron chi connectivity index (χ3n) is 2.61. The minimum absolute atomic E-state index is 0.202. The van der Waals surface area contributed by atoms with E-state index in [1.165, 1.54) is 0 Å². The van der Waals surface area contributed by atoms with E-state index in [9.17, 15) is 10.1 Å². The number of nitrogens with one attached hydrogen (secondary N) is 1. The van der Waals surface area contributed by atoms with Crippen molar-refractivity contribution in [2.45, 2.75) is 19.8 Å². The maximum Gasteiger partial charge on any atom is 0.272 e. The second kappa shape index (κ2) is 8.60. The molecule has 0 bridgehead atoms. The summed E-state index contributed by atoms with van der Waals surface area (Å²) in [7, 11) is 0. The highest BCUT2D eigenvalue weighted by Gasteiger charge is 2.10. The van der Waals surface area contributed by atoms with Crippen LogP contribution in [0.2, 0.25) is 0 Å². The van der Waals surface area contributed by atoms with Gasteiger partial charge in [0.15, 0.2) is 0 Å². The Morgan fingerprint density at radius 2 is 2.11 bits per heavy atom. The Labute approximate surface area is 107 Å². The molecule has 0 radical (unpaired) electrons. The van der Waals surface area contributed by atoms with Gasteiger partial charge >= 0.3 is 0 Å². The molecule has 0 unspecified atom stereocenters. The van der Waals surface area contributed by atoms with Crippen LogP contribution in [0, 0.1) is 10.1 Å². The van der Waals surface area contributed by atoms with Gasteiger partial charge in [-0.1, -0.05) is 18.2 Å². The number of hydrogen-bond acceptors (Lipinski definition) is 4. The number of rotatable bonds is 9. The highest BCUT2D eigenvalue weighted by Crippen LogP contribution is 2.17. The zero-order valence-electron chi connectivity index (χ0n) is 10.7. The van der Waals surface area contributed by atoms with Crippen LogP contribution >= 0.6 is 0 Å². The predicted octanol–water partition coefficient (Wildman–Crippen LogP) is 2.15. The zero-order valence-corrected chi connectivity index (χ0v) is 10.7. The summed E-state index contributed by atoms with van der Waals surface area (Å²) in [4.78, 5) is 10.5. The average Bonchev–Trinajstić information content (AvgIpc) is 2.38. The molecule has 0 aliphatic rings. The molecule has 0 atom stereocenters. The van der Waals surface area contributed by atoms with Gasteiger partial charge < -0.3 is 10.1 Å². The van der Waals surface area contributed by atoms with Gasteiger partial charge in [-0.15, -0.1) is 0 Å². The average molecular weight is 252 g/mol. The van der Waals surface area contributed by atoms with Crippen LogP contribution in [0.4, 0.5) is 5.69 Å². The normalized spacial score (nSPS) is 10.5. The Hall–Kier alpha value is -1.46. The van der Waals surface area contributed by atoms with Crippen molar-refractivity contribution in [2.75, 3.05) is 26.3 Å². The largest absolute Gasteiger partial charge is 0.382 e. The van der Waals surface area contributed by atoms with E-state index in [-0.39, 0.29) is 10.6 Å². The van der Waals surface area contributed by atoms with Gasteiger partial charge in [0.1, 0.15) is 0 Å². The molecule has 0 aromatic heterocycles. The summed E-state index contributed by atoms with van der Waals surface area (Å²) in [5.74, 6) is 0. The van der Waals surface area contributed by atoms with Gasteiger partial charge in [-0.2, -0.15) is 0 Å². The third-order valence-corrected chi connectivity index (χ3v) is 2.61. The molecular formula is C13H20N2O3. The van der Waals surface area contributed by atoms with Crippen molar-refractivity contribution in [3.05, 3.63) is 39.9 Å². The van der Waals surface area contributed by atoms with Crippen molar-refractivity contribution in [2.24, 2.45) is 0 Å². The first kappa shape index (κ1) is 14.6. The fourth-order valence-electron chi connectivity index (χ4n) is 1.69.